The van der Waals surface area contributed by atoms with Crippen LogP contribution in [0.1, 0.15) is 25.0 Å². The lowest BCUT2D eigenvalue weighted by Crippen LogP contribution is -2.14. The van der Waals surface area contributed by atoms with Crippen molar-refractivity contribution in [3.63, 3.8) is 0 Å². The molecule has 0 aliphatic heterocycles. The number of para-hydroxylation sites is 1. The van der Waals surface area contributed by atoms with E-state index in [1.54, 1.807) is 0 Å². The zero-order chi connectivity index (χ0) is 42.8. The number of hydrogen-bond donors (Lipinski definition) is 0. The molecule has 0 spiro atoms. The van der Waals surface area contributed by atoms with Crippen molar-refractivity contribution in [2.75, 3.05) is 0 Å². The Morgan fingerprint density at radius 2 is 0.828 bits per heavy atom. The van der Waals surface area contributed by atoms with Crippen molar-refractivity contribution in [2.24, 2.45) is 0 Å². The van der Waals surface area contributed by atoms with Crippen LogP contribution in [0.2, 0.25) is 0 Å². The lowest BCUT2D eigenvalue weighted by Gasteiger charge is -2.21. The summed E-state index contributed by atoms with van der Waals surface area (Å²) in [6.07, 6.45) is 0. The van der Waals surface area contributed by atoms with Gasteiger partial charge in [0.2, 0.25) is 0 Å². The minimum Gasteiger partial charge on any atom is -0.309 e. The molecule has 0 fully saturated rings. The first-order valence-corrected chi connectivity index (χ1v) is 22.1. The van der Waals surface area contributed by atoms with Crippen molar-refractivity contribution in [1.29, 1.82) is 0 Å². The van der Waals surface area contributed by atoms with Gasteiger partial charge in [0.05, 0.1) is 39.5 Å². The number of aromatic nitrogens is 3. The van der Waals surface area contributed by atoms with Crippen LogP contribution in [0.5, 0.6) is 0 Å². The summed E-state index contributed by atoms with van der Waals surface area (Å²) in [6.45, 7) is 4.73. The first-order valence-electron chi connectivity index (χ1n) is 22.1. The molecule has 0 unspecified atom stereocenters. The molecule has 64 heavy (non-hydrogen) atoms. The van der Waals surface area contributed by atoms with Crippen molar-refractivity contribution in [2.45, 2.75) is 19.3 Å². The Morgan fingerprint density at radius 1 is 0.344 bits per heavy atom. The summed E-state index contributed by atoms with van der Waals surface area (Å²) in [5, 5.41) is 2.54. The molecule has 0 saturated carbocycles. The average Bonchev–Trinajstić information content (AvgIpc) is 3.82. The molecule has 3 heterocycles. The van der Waals surface area contributed by atoms with Crippen LogP contribution in [0.4, 0.5) is 0 Å². The summed E-state index contributed by atoms with van der Waals surface area (Å²) in [7, 11) is 0. The van der Waals surface area contributed by atoms with Gasteiger partial charge in [0.25, 0.3) is 0 Å². The summed E-state index contributed by atoms with van der Waals surface area (Å²) < 4.78 is 2.50. The standard InChI is InChI=1S/C61H43N3/c1-61(2)50-29-17-15-27-47(50)59-51(61)32-34-58-60(59)48-28-16-18-30-56(48)64(58)57-33-31-44(45-36-52(40-19-7-3-8-20-40)62-53(37-45)41-21-9-4-10-22-41)35-49(57)46-38-54(42-23-11-5-12-24-42)63-55(39-46)43-25-13-6-14-26-43/h3-39H,1-2H3. The molecule has 0 atom stereocenters. The third kappa shape index (κ3) is 6.20. The number of rotatable bonds is 7. The largest absolute Gasteiger partial charge is 0.309 e. The molecule has 0 saturated heterocycles. The van der Waals surface area contributed by atoms with Crippen LogP contribution < -0.4 is 0 Å². The highest BCUT2D eigenvalue weighted by Crippen LogP contribution is 2.53. The SMILES string of the molecule is CC1(C)c2ccccc2-c2c1ccc1c2c2ccccc2n1-c1ccc(-c2cc(-c3ccccc3)nc(-c3ccccc3)c2)cc1-c1cc(-c2ccccc2)nc(-c2ccccc2)c1. The zero-order valence-corrected chi connectivity index (χ0v) is 35.7. The second-order valence-corrected chi connectivity index (χ2v) is 17.4. The van der Waals surface area contributed by atoms with Gasteiger partial charge < -0.3 is 4.57 Å². The van der Waals surface area contributed by atoms with Crippen molar-refractivity contribution < 1.29 is 0 Å². The molecule has 3 heteroatoms. The van der Waals surface area contributed by atoms with E-state index in [1.807, 2.05) is 0 Å². The maximum Gasteiger partial charge on any atom is 0.0715 e. The molecule has 1 aliphatic rings. The van der Waals surface area contributed by atoms with Crippen LogP contribution in [0.3, 0.4) is 0 Å². The molecule has 0 N–H and O–H groups in total. The fourth-order valence-corrected chi connectivity index (χ4v) is 10.1. The van der Waals surface area contributed by atoms with Gasteiger partial charge in [0, 0.05) is 44.0 Å². The maximum atomic E-state index is 5.32. The van der Waals surface area contributed by atoms with Gasteiger partial charge in [0.15, 0.2) is 0 Å². The van der Waals surface area contributed by atoms with Gasteiger partial charge in [-0.3, -0.25) is 0 Å². The quantitative estimate of drug-likeness (QED) is 0.160. The van der Waals surface area contributed by atoms with Gasteiger partial charge in [-0.2, -0.15) is 0 Å². The van der Waals surface area contributed by atoms with E-state index in [0.29, 0.717) is 0 Å². The van der Waals surface area contributed by atoms with Gasteiger partial charge in [-0.1, -0.05) is 190 Å². The van der Waals surface area contributed by atoms with Crippen LogP contribution in [0.25, 0.3) is 106 Å². The van der Waals surface area contributed by atoms with E-state index in [1.165, 1.54) is 44.1 Å². The number of hydrogen-bond acceptors (Lipinski definition) is 2. The van der Waals surface area contributed by atoms with Crippen LogP contribution in [-0.4, -0.2) is 14.5 Å². The lowest BCUT2D eigenvalue weighted by atomic mass is 9.82. The Balaban J connectivity index is 1.17. The minimum absolute atomic E-state index is 0.114. The topological polar surface area (TPSA) is 30.7 Å². The average molecular weight is 818 g/mol. The minimum atomic E-state index is -0.114. The van der Waals surface area contributed by atoms with Crippen molar-refractivity contribution in [1.82, 2.24) is 14.5 Å². The number of pyridine rings is 2. The third-order valence-corrected chi connectivity index (χ3v) is 13.2. The highest BCUT2D eigenvalue weighted by Gasteiger charge is 2.37. The summed E-state index contributed by atoms with van der Waals surface area (Å²) in [4.78, 5) is 10.6. The molecule has 11 aromatic rings. The second-order valence-electron chi connectivity index (χ2n) is 17.4. The van der Waals surface area contributed by atoms with Gasteiger partial charge in [-0.15, -0.1) is 0 Å². The molecule has 3 aromatic heterocycles. The Morgan fingerprint density at radius 3 is 1.39 bits per heavy atom. The monoisotopic (exact) mass is 817 g/mol. The van der Waals surface area contributed by atoms with Crippen LogP contribution >= 0.6 is 0 Å². The summed E-state index contributed by atoms with van der Waals surface area (Å²) in [5.41, 5.74) is 21.2. The zero-order valence-electron chi connectivity index (χ0n) is 35.7. The molecule has 3 nitrogen and oxygen atoms in total. The van der Waals surface area contributed by atoms with Crippen LogP contribution in [-0.2, 0) is 5.41 Å². The Labute approximate surface area is 373 Å². The highest BCUT2D eigenvalue weighted by atomic mass is 15.0. The highest BCUT2D eigenvalue weighted by molar-refractivity contribution is 6.18. The lowest BCUT2D eigenvalue weighted by molar-refractivity contribution is 0.661. The normalized spacial score (nSPS) is 12.7. The third-order valence-electron chi connectivity index (χ3n) is 13.2. The Kier molecular flexibility index (Phi) is 8.84. The Bertz CT molecular complexity index is 3440. The molecule has 8 aromatic carbocycles. The van der Waals surface area contributed by atoms with E-state index >= 15 is 0 Å². The smallest absolute Gasteiger partial charge is 0.0715 e. The number of fused-ring (bicyclic) bond motifs is 7. The second kappa shape index (κ2) is 15.0. The summed E-state index contributed by atoms with van der Waals surface area (Å²) in [6, 6.07) is 80.8. The van der Waals surface area contributed by atoms with Crippen molar-refractivity contribution >= 4 is 21.8 Å². The van der Waals surface area contributed by atoms with Crippen molar-refractivity contribution in [3.8, 4) is 84.1 Å². The summed E-state index contributed by atoms with van der Waals surface area (Å²) >= 11 is 0. The molecular formula is C61H43N3. The van der Waals surface area contributed by atoms with E-state index < -0.39 is 0 Å². The molecule has 0 amide bonds. The fourth-order valence-electron chi connectivity index (χ4n) is 10.1. The van der Waals surface area contributed by atoms with E-state index in [2.05, 4.69) is 243 Å². The summed E-state index contributed by atoms with van der Waals surface area (Å²) in [5.74, 6) is 0. The molecule has 1 aliphatic carbocycles. The van der Waals surface area contributed by atoms with E-state index in [0.717, 1.165) is 73.0 Å². The van der Waals surface area contributed by atoms with Crippen molar-refractivity contribution in [3.05, 3.63) is 236 Å². The van der Waals surface area contributed by atoms with E-state index in [4.69, 9.17) is 9.97 Å². The predicted molar refractivity (Wildman–Crippen MR) is 267 cm³/mol. The van der Waals surface area contributed by atoms with Gasteiger partial charge in [-0.25, -0.2) is 9.97 Å². The Hall–Kier alpha value is -8.14. The first-order chi connectivity index (χ1) is 31.5. The van der Waals surface area contributed by atoms with E-state index in [9.17, 15) is 0 Å². The molecule has 0 bridgehead atoms. The van der Waals surface area contributed by atoms with Gasteiger partial charge in [0.1, 0.15) is 0 Å². The fraction of sp³-hybridized carbons (Fsp3) is 0.0492. The molecule has 12 rings (SSSR count). The van der Waals surface area contributed by atoms with Gasteiger partial charge >= 0.3 is 0 Å². The van der Waals surface area contributed by atoms with Crippen LogP contribution in [0, 0.1) is 0 Å². The number of benzene rings is 8. The van der Waals surface area contributed by atoms with E-state index in [-0.39, 0.29) is 5.41 Å². The molecular weight excluding hydrogens is 775 g/mol. The molecule has 0 radical (unpaired) electrons. The number of nitrogens with zero attached hydrogens (tertiary/aromatic N) is 3. The predicted octanol–water partition coefficient (Wildman–Crippen LogP) is 15.9. The maximum absolute atomic E-state index is 5.32. The first kappa shape index (κ1) is 37.6. The van der Waals surface area contributed by atoms with Gasteiger partial charge in [-0.05, 0) is 87.5 Å². The van der Waals surface area contributed by atoms with Crippen LogP contribution in [0.15, 0.2) is 224 Å². The molecule has 302 valence electrons.